The molecule has 0 fully saturated rings. The van der Waals surface area contributed by atoms with Crippen molar-refractivity contribution < 1.29 is 19.5 Å². The molecule has 0 unspecified atom stereocenters. The van der Waals surface area contributed by atoms with E-state index in [-0.39, 0.29) is 18.7 Å². The summed E-state index contributed by atoms with van der Waals surface area (Å²) in [7, 11) is 0. The van der Waals surface area contributed by atoms with Crippen molar-refractivity contribution in [1.82, 2.24) is 10.6 Å². The number of carbonyl (C=O) groups is 3. The highest BCUT2D eigenvalue weighted by atomic mass is 35.5. The average molecular weight is 373 g/mol. The van der Waals surface area contributed by atoms with Crippen LogP contribution in [0.5, 0.6) is 0 Å². The minimum absolute atomic E-state index is 0.00608. The number of nitrogens with one attached hydrogen (secondary N) is 2. The third-order valence-corrected chi connectivity index (χ3v) is 3.59. The smallest absolute Gasteiger partial charge is 0.305 e. The zero-order valence-electron chi connectivity index (χ0n) is 13.7. The molecule has 0 heterocycles. The van der Waals surface area contributed by atoms with E-state index < -0.39 is 17.8 Å². The highest BCUT2D eigenvalue weighted by Crippen LogP contribution is 2.12. The van der Waals surface area contributed by atoms with Gasteiger partial charge in [0.15, 0.2) is 0 Å². The lowest BCUT2D eigenvalue weighted by Gasteiger charge is -2.11. The van der Waals surface area contributed by atoms with E-state index in [1.807, 2.05) is 0 Å². The van der Waals surface area contributed by atoms with Gasteiger partial charge >= 0.3 is 5.97 Å². The Bertz CT molecular complexity index is 817. The second-order valence-electron chi connectivity index (χ2n) is 5.33. The maximum absolute atomic E-state index is 12.3. The molecule has 6 nitrogen and oxygen atoms in total. The third kappa shape index (κ3) is 6.07. The molecule has 0 atom stereocenters. The van der Waals surface area contributed by atoms with Gasteiger partial charge in [0.25, 0.3) is 11.8 Å². The summed E-state index contributed by atoms with van der Waals surface area (Å²) in [5.41, 5.74) is 1.06. The lowest BCUT2D eigenvalue weighted by molar-refractivity contribution is -0.136. The SMILES string of the molecule is O=C(O)CCNC(=O)/C(=C/c1ccc(Cl)cc1)NC(=O)c1ccccc1. The van der Waals surface area contributed by atoms with Gasteiger partial charge in [-0.1, -0.05) is 41.9 Å². The van der Waals surface area contributed by atoms with Crippen LogP contribution < -0.4 is 10.6 Å². The first-order valence-electron chi connectivity index (χ1n) is 7.79. The highest BCUT2D eigenvalue weighted by Gasteiger charge is 2.14. The quantitative estimate of drug-likeness (QED) is 0.651. The van der Waals surface area contributed by atoms with Crippen molar-refractivity contribution in [2.24, 2.45) is 0 Å². The average Bonchev–Trinajstić information content (AvgIpc) is 2.63. The van der Waals surface area contributed by atoms with E-state index in [4.69, 9.17) is 16.7 Å². The minimum atomic E-state index is -1.03. The second-order valence-corrected chi connectivity index (χ2v) is 5.77. The maximum atomic E-state index is 12.3. The number of carbonyl (C=O) groups excluding carboxylic acids is 2. The molecule has 0 saturated carbocycles. The van der Waals surface area contributed by atoms with Crippen LogP contribution in [0.2, 0.25) is 5.02 Å². The van der Waals surface area contributed by atoms with E-state index in [1.54, 1.807) is 54.6 Å². The number of hydrogen-bond acceptors (Lipinski definition) is 3. The summed E-state index contributed by atoms with van der Waals surface area (Å²) in [6.45, 7) is -0.0483. The van der Waals surface area contributed by atoms with Crippen molar-refractivity contribution in [3.05, 3.63) is 76.4 Å². The highest BCUT2D eigenvalue weighted by molar-refractivity contribution is 6.30. The topological polar surface area (TPSA) is 95.5 Å². The maximum Gasteiger partial charge on any atom is 0.305 e. The van der Waals surface area contributed by atoms with Crippen LogP contribution in [0.25, 0.3) is 6.08 Å². The largest absolute Gasteiger partial charge is 0.481 e. The summed E-state index contributed by atoms with van der Waals surface area (Å²) in [6, 6.07) is 15.2. The Morgan fingerprint density at radius 2 is 1.65 bits per heavy atom. The van der Waals surface area contributed by atoms with Crippen LogP contribution >= 0.6 is 11.6 Å². The van der Waals surface area contributed by atoms with Crippen molar-refractivity contribution in [2.75, 3.05) is 6.54 Å². The molecule has 2 aromatic carbocycles. The lowest BCUT2D eigenvalue weighted by Crippen LogP contribution is -2.35. The first kappa shape index (κ1) is 19.2. The van der Waals surface area contributed by atoms with Crippen LogP contribution in [0, 0.1) is 0 Å². The number of halogens is 1. The van der Waals surface area contributed by atoms with Gasteiger partial charge < -0.3 is 15.7 Å². The molecule has 0 aliphatic carbocycles. The number of amides is 2. The molecule has 0 radical (unpaired) electrons. The van der Waals surface area contributed by atoms with E-state index >= 15 is 0 Å². The molecular weight excluding hydrogens is 356 g/mol. The number of aliphatic carboxylic acids is 1. The molecule has 0 aromatic heterocycles. The van der Waals surface area contributed by atoms with E-state index in [9.17, 15) is 14.4 Å². The van der Waals surface area contributed by atoms with Crippen LogP contribution in [-0.2, 0) is 9.59 Å². The first-order valence-corrected chi connectivity index (χ1v) is 8.17. The number of carboxylic acids is 1. The fourth-order valence-electron chi connectivity index (χ4n) is 2.05. The molecule has 2 aromatic rings. The van der Waals surface area contributed by atoms with Gasteiger partial charge in [0.2, 0.25) is 0 Å². The van der Waals surface area contributed by atoms with Gasteiger partial charge in [-0.05, 0) is 35.9 Å². The molecule has 3 N–H and O–H groups in total. The first-order chi connectivity index (χ1) is 12.5. The zero-order valence-corrected chi connectivity index (χ0v) is 14.5. The molecule has 0 saturated heterocycles. The Morgan fingerprint density at radius 3 is 2.27 bits per heavy atom. The van der Waals surface area contributed by atoms with Gasteiger partial charge in [-0.2, -0.15) is 0 Å². The summed E-state index contributed by atoms with van der Waals surface area (Å²) in [6.07, 6.45) is 1.28. The van der Waals surface area contributed by atoms with Crippen molar-refractivity contribution in [3.8, 4) is 0 Å². The Morgan fingerprint density at radius 1 is 1.00 bits per heavy atom. The molecular formula is C19H17ClN2O4. The van der Waals surface area contributed by atoms with Crippen molar-refractivity contribution in [2.45, 2.75) is 6.42 Å². The molecule has 0 aliphatic rings. The monoisotopic (exact) mass is 372 g/mol. The molecule has 7 heteroatoms. The molecule has 2 rings (SSSR count). The third-order valence-electron chi connectivity index (χ3n) is 3.33. The van der Waals surface area contributed by atoms with Crippen LogP contribution in [0.3, 0.4) is 0 Å². The molecule has 0 aliphatic heterocycles. The minimum Gasteiger partial charge on any atom is -0.481 e. The molecule has 2 amide bonds. The Hall–Kier alpha value is -3.12. The van der Waals surface area contributed by atoms with Gasteiger partial charge in [0, 0.05) is 17.1 Å². The van der Waals surface area contributed by atoms with E-state index in [0.717, 1.165) is 0 Å². The molecule has 0 bridgehead atoms. The normalized spacial score (nSPS) is 10.9. The summed E-state index contributed by atoms with van der Waals surface area (Å²) >= 11 is 5.85. The number of benzene rings is 2. The van der Waals surface area contributed by atoms with Crippen molar-refractivity contribution >= 4 is 35.5 Å². The van der Waals surface area contributed by atoms with E-state index in [1.165, 1.54) is 6.08 Å². The molecule has 26 heavy (non-hydrogen) atoms. The lowest BCUT2D eigenvalue weighted by atomic mass is 10.1. The molecule has 0 spiro atoms. The van der Waals surface area contributed by atoms with Gasteiger partial charge in [0.1, 0.15) is 5.70 Å². The fourth-order valence-corrected chi connectivity index (χ4v) is 2.17. The predicted octanol–water partition coefficient (Wildman–Crippen LogP) is 2.70. The number of carboxylic acid groups (broad SMARTS) is 1. The Balaban J connectivity index is 2.20. The standard InChI is InChI=1S/C19H17ClN2O4/c20-15-8-6-13(7-9-15)12-16(19(26)21-11-10-17(23)24)22-18(25)14-4-2-1-3-5-14/h1-9,12H,10-11H2,(H,21,26)(H,22,25)(H,23,24)/b16-12-. The zero-order chi connectivity index (χ0) is 18.9. The Labute approximate surface area is 155 Å². The number of rotatable bonds is 7. The predicted molar refractivity (Wildman–Crippen MR) is 98.6 cm³/mol. The second kappa shape index (κ2) is 9.39. The van der Waals surface area contributed by atoms with Gasteiger partial charge in [-0.25, -0.2) is 0 Å². The van der Waals surface area contributed by atoms with Gasteiger partial charge in [0.05, 0.1) is 6.42 Å². The number of hydrogen-bond donors (Lipinski definition) is 3. The van der Waals surface area contributed by atoms with E-state index in [0.29, 0.717) is 16.1 Å². The van der Waals surface area contributed by atoms with Gasteiger partial charge in [-0.15, -0.1) is 0 Å². The Kier molecular flexibility index (Phi) is 6.93. The van der Waals surface area contributed by atoms with Crippen LogP contribution in [0.1, 0.15) is 22.3 Å². The van der Waals surface area contributed by atoms with Crippen LogP contribution in [-0.4, -0.2) is 29.4 Å². The van der Waals surface area contributed by atoms with Crippen LogP contribution in [0.15, 0.2) is 60.3 Å². The van der Waals surface area contributed by atoms with Crippen molar-refractivity contribution in [1.29, 1.82) is 0 Å². The van der Waals surface area contributed by atoms with Gasteiger partial charge in [-0.3, -0.25) is 14.4 Å². The molecule has 134 valence electrons. The van der Waals surface area contributed by atoms with Crippen LogP contribution in [0.4, 0.5) is 0 Å². The summed E-state index contributed by atoms with van der Waals surface area (Å²) in [5, 5.41) is 14.3. The van der Waals surface area contributed by atoms with E-state index in [2.05, 4.69) is 10.6 Å². The fraction of sp³-hybridized carbons (Fsp3) is 0.105. The summed E-state index contributed by atoms with van der Waals surface area (Å²) in [5.74, 6) is -2.05. The summed E-state index contributed by atoms with van der Waals surface area (Å²) < 4.78 is 0. The van der Waals surface area contributed by atoms with Crippen molar-refractivity contribution in [3.63, 3.8) is 0 Å². The summed E-state index contributed by atoms with van der Waals surface area (Å²) in [4.78, 5) is 35.3.